The minimum Gasteiger partial charge on any atom is -0.480 e. The van der Waals surface area contributed by atoms with Crippen LogP contribution in [0.4, 0.5) is 19.3 Å². The van der Waals surface area contributed by atoms with Crippen LogP contribution in [0.1, 0.15) is 20.8 Å². The Bertz CT molecular complexity index is 527. The normalized spacial score (nSPS) is 12.7. The molecule has 20 heavy (non-hydrogen) atoms. The third-order valence-electron chi connectivity index (χ3n) is 2.57. The van der Waals surface area contributed by atoms with Gasteiger partial charge in [0.1, 0.15) is 6.04 Å². The molecule has 1 rings (SSSR count). The molecule has 0 aliphatic rings. The molecule has 0 bridgehead atoms. The van der Waals surface area contributed by atoms with Gasteiger partial charge in [0.25, 0.3) is 0 Å². The summed E-state index contributed by atoms with van der Waals surface area (Å²) in [7, 11) is 0. The molecule has 3 N–H and O–H groups in total. The van der Waals surface area contributed by atoms with Gasteiger partial charge < -0.3 is 15.7 Å². The van der Waals surface area contributed by atoms with Gasteiger partial charge in [-0.05, 0) is 17.5 Å². The maximum absolute atomic E-state index is 13.0. The number of carboxylic acids is 1. The number of amides is 2. The van der Waals surface area contributed by atoms with Crippen LogP contribution in [0, 0.1) is 17.0 Å². The highest BCUT2D eigenvalue weighted by Gasteiger charge is 2.32. The van der Waals surface area contributed by atoms with Crippen LogP contribution in [0.25, 0.3) is 0 Å². The molecule has 5 nitrogen and oxygen atoms in total. The number of nitrogens with one attached hydrogen (secondary N) is 2. The van der Waals surface area contributed by atoms with Crippen molar-refractivity contribution in [1.29, 1.82) is 0 Å². The lowest BCUT2D eigenvalue weighted by atomic mass is 9.87. The minimum atomic E-state index is -1.18. The summed E-state index contributed by atoms with van der Waals surface area (Å²) in [4.78, 5) is 22.7. The fraction of sp³-hybridized carbons (Fsp3) is 0.385. The van der Waals surface area contributed by atoms with E-state index >= 15 is 0 Å². The highest BCUT2D eigenvalue weighted by atomic mass is 19.2. The second kappa shape index (κ2) is 5.85. The molecule has 110 valence electrons. The summed E-state index contributed by atoms with van der Waals surface area (Å²) >= 11 is 0. The Kier molecular flexibility index (Phi) is 4.65. The molecule has 0 saturated carbocycles. The van der Waals surface area contributed by atoms with E-state index in [0.29, 0.717) is 0 Å². The monoisotopic (exact) mass is 286 g/mol. The zero-order valence-corrected chi connectivity index (χ0v) is 11.3. The summed E-state index contributed by atoms with van der Waals surface area (Å²) < 4.78 is 25.7. The van der Waals surface area contributed by atoms with Crippen molar-refractivity contribution >= 4 is 17.7 Å². The fourth-order valence-corrected chi connectivity index (χ4v) is 1.52. The van der Waals surface area contributed by atoms with E-state index < -0.39 is 35.1 Å². The van der Waals surface area contributed by atoms with Crippen molar-refractivity contribution in [1.82, 2.24) is 5.32 Å². The third kappa shape index (κ3) is 4.18. The average Bonchev–Trinajstić information content (AvgIpc) is 2.29. The summed E-state index contributed by atoms with van der Waals surface area (Å²) in [5.74, 6) is -3.32. The van der Waals surface area contributed by atoms with Gasteiger partial charge in [0.05, 0.1) is 0 Å². The number of carboxylic acid groups (broad SMARTS) is 1. The van der Waals surface area contributed by atoms with Gasteiger partial charge in [0.2, 0.25) is 0 Å². The summed E-state index contributed by atoms with van der Waals surface area (Å²) in [6.45, 7) is 4.97. The number of hydrogen-bond acceptors (Lipinski definition) is 2. The van der Waals surface area contributed by atoms with Crippen LogP contribution >= 0.6 is 0 Å². The van der Waals surface area contributed by atoms with Crippen LogP contribution in [-0.4, -0.2) is 23.1 Å². The Labute approximate surface area is 115 Å². The first-order valence-corrected chi connectivity index (χ1v) is 5.86. The van der Waals surface area contributed by atoms with Crippen LogP contribution in [0.2, 0.25) is 0 Å². The van der Waals surface area contributed by atoms with Crippen LogP contribution < -0.4 is 10.6 Å². The minimum absolute atomic E-state index is 0.0273. The predicted molar refractivity (Wildman–Crippen MR) is 69.4 cm³/mol. The number of carbonyl (C=O) groups is 2. The van der Waals surface area contributed by atoms with Gasteiger partial charge >= 0.3 is 12.0 Å². The van der Waals surface area contributed by atoms with Gasteiger partial charge in [-0.25, -0.2) is 18.4 Å². The Morgan fingerprint density at radius 3 is 2.25 bits per heavy atom. The maximum atomic E-state index is 13.0. The molecule has 0 spiro atoms. The lowest BCUT2D eigenvalue weighted by Crippen LogP contribution is -2.50. The summed E-state index contributed by atoms with van der Waals surface area (Å²) in [6, 6.07) is 0.918. The number of halogens is 2. The SMILES string of the molecule is CC(C)(C)C(NC(=O)Nc1ccc(F)c(F)c1)C(=O)O. The van der Waals surface area contributed by atoms with Gasteiger partial charge in [-0.3, -0.25) is 0 Å². The number of rotatable bonds is 3. The van der Waals surface area contributed by atoms with Crippen molar-refractivity contribution in [2.45, 2.75) is 26.8 Å². The van der Waals surface area contributed by atoms with Gasteiger partial charge in [-0.1, -0.05) is 20.8 Å². The van der Waals surface area contributed by atoms with Gasteiger partial charge in [0, 0.05) is 11.8 Å². The number of aliphatic carboxylic acids is 1. The van der Waals surface area contributed by atoms with Crippen LogP contribution in [0.5, 0.6) is 0 Å². The smallest absolute Gasteiger partial charge is 0.326 e. The maximum Gasteiger partial charge on any atom is 0.326 e. The Morgan fingerprint density at radius 1 is 1.20 bits per heavy atom. The molecule has 1 aromatic carbocycles. The average molecular weight is 286 g/mol. The summed E-state index contributed by atoms with van der Waals surface area (Å²) in [5, 5.41) is 13.6. The Hall–Kier alpha value is -2.18. The van der Waals surface area contributed by atoms with E-state index in [-0.39, 0.29) is 5.69 Å². The number of hydrogen-bond donors (Lipinski definition) is 3. The van der Waals surface area contributed by atoms with E-state index in [2.05, 4.69) is 10.6 Å². The van der Waals surface area contributed by atoms with Crippen molar-refractivity contribution in [3.8, 4) is 0 Å². The van der Waals surface area contributed by atoms with Crippen molar-refractivity contribution in [2.24, 2.45) is 5.41 Å². The highest BCUT2D eigenvalue weighted by molar-refractivity contribution is 5.92. The Balaban J connectivity index is 2.76. The standard InChI is InChI=1S/C13H16F2N2O3/c1-13(2,3)10(11(18)19)17-12(20)16-7-4-5-8(14)9(15)6-7/h4-6,10H,1-3H3,(H,18,19)(H2,16,17,20). The molecule has 0 heterocycles. The molecule has 7 heteroatoms. The summed E-state index contributed by atoms with van der Waals surface area (Å²) in [5.41, 5.74) is -0.670. The van der Waals surface area contributed by atoms with E-state index in [1.807, 2.05) is 0 Å². The van der Waals surface area contributed by atoms with Crippen molar-refractivity contribution in [2.75, 3.05) is 5.32 Å². The topological polar surface area (TPSA) is 78.4 Å². The number of benzene rings is 1. The number of anilines is 1. The molecule has 1 aromatic rings. The second-order valence-corrected chi connectivity index (χ2v) is 5.36. The molecule has 0 fully saturated rings. The first kappa shape index (κ1) is 15.9. The van der Waals surface area contributed by atoms with E-state index in [1.54, 1.807) is 20.8 Å². The predicted octanol–water partition coefficient (Wildman–Crippen LogP) is 2.59. The molecule has 0 radical (unpaired) electrons. The van der Waals surface area contributed by atoms with E-state index in [1.165, 1.54) is 6.07 Å². The molecular formula is C13H16F2N2O3. The van der Waals surface area contributed by atoms with Gasteiger partial charge in [-0.15, -0.1) is 0 Å². The quantitative estimate of drug-likeness (QED) is 0.799. The molecule has 2 amide bonds. The zero-order valence-electron chi connectivity index (χ0n) is 11.3. The molecule has 0 aromatic heterocycles. The third-order valence-corrected chi connectivity index (χ3v) is 2.57. The molecule has 0 saturated heterocycles. The van der Waals surface area contributed by atoms with Crippen LogP contribution in [0.15, 0.2) is 18.2 Å². The summed E-state index contributed by atoms with van der Waals surface area (Å²) in [6.07, 6.45) is 0. The molecular weight excluding hydrogens is 270 g/mol. The lowest BCUT2D eigenvalue weighted by Gasteiger charge is -2.27. The van der Waals surface area contributed by atoms with Crippen molar-refractivity contribution in [3.05, 3.63) is 29.8 Å². The van der Waals surface area contributed by atoms with Gasteiger partial charge in [0.15, 0.2) is 11.6 Å². The first-order chi connectivity index (χ1) is 9.11. The molecule has 1 unspecified atom stereocenters. The van der Waals surface area contributed by atoms with Crippen LogP contribution in [-0.2, 0) is 4.79 Å². The van der Waals surface area contributed by atoms with Crippen molar-refractivity contribution in [3.63, 3.8) is 0 Å². The van der Waals surface area contributed by atoms with E-state index in [4.69, 9.17) is 5.11 Å². The van der Waals surface area contributed by atoms with Crippen molar-refractivity contribution < 1.29 is 23.5 Å². The first-order valence-electron chi connectivity index (χ1n) is 5.86. The number of carbonyl (C=O) groups excluding carboxylic acids is 1. The molecule has 0 aliphatic heterocycles. The Morgan fingerprint density at radius 2 is 1.80 bits per heavy atom. The van der Waals surface area contributed by atoms with Crippen LogP contribution in [0.3, 0.4) is 0 Å². The second-order valence-electron chi connectivity index (χ2n) is 5.36. The number of urea groups is 1. The van der Waals surface area contributed by atoms with Gasteiger partial charge in [-0.2, -0.15) is 0 Å². The molecule has 0 aliphatic carbocycles. The molecule has 1 atom stereocenters. The lowest BCUT2D eigenvalue weighted by molar-refractivity contribution is -0.141. The highest BCUT2D eigenvalue weighted by Crippen LogP contribution is 2.20. The largest absolute Gasteiger partial charge is 0.480 e. The fourth-order valence-electron chi connectivity index (χ4n) is 1.52. The van der Waals surface area contributed by atoms with E-state index in [0.717, 1.165) is 12.1 Å². The van der Waals surface area contributed by atoms with E-state index in [9.17, 15) is 18.4 Å². The zero-order chi connectivity index (χ0) is 15.5.